The molecule has 0 spiro atoms. The van der Waals surface area contributed by atoms with E-state index in [9.17, 15) is 0 Å². The third-order valence-corrected chi connectivity index (χ3v) is 11.2. The summed E-state index contributed by atoms with van der Waals surface area (Å²) in [5.74, 6) is 0. The highest BCUT2D eigenvalue weighted by molar-refractivity contribution is 6.10. The lowest BCUT2D eigenvalue weighted by Crippen LogP contribution is -2.09. The van der Waals surface area contributed by atoms with Crippen LogP contribution in [-0.2, 0) is 0 Å². The zero-order chi connectivity index (χ0) is 37.7. The summed E-state index contributed by atoms with van der Waals surface area (Å²) in [7, 11) is 0. The minimum Gasteiger partial charge on any atom is -0.456 e. The van der Waals surface area contributed by atoms with Gasteiger partial charge in [-0.25, -0.2) is 0 Å². The second kappa shape index (κ2) is 13.6. The van der Waals surface area contributed by atoms with Crippen molar-refractivity contribution >= 4 is 60.8 Å². The van der Waals surface area contributed by atoms with Crippen molar-refractivity contribution in [3.63, 3.8) is 0 Å². The van der Waals surface area contributed by atoms with Crippen LogP contribution >= 0.6 is 0 Å². The summed E-state index contributed by atoms with van der Waals surface area (Å²) >= 11 is 0. The van der Waals surface area contributed by atoms with Crippen LogP contribution in [0.3, 0.4) is 0 Å². The molecule has 0 radical (unpaired) electrons. The molecule has 0 aliphatic rings. The highest BCUT2D eigenvalue weighted by atomic mass is 16.3. The average Bonchev–Trinajstić information content (AvgIpc) is 3.83. The maximum Gasteiger partial charge on any atom is 0.137 e. The highest BCUT2D eigenvalue weighted by Crippen LogP contribution is 2.40. The number of aromatic nitrogens is 1. The minimum absolute atomic E-state index is 0.873. The summed E-state index contributed by atoms with van der Waals surface area (Å²) in [4.78, 5) is 2.30. The topological polar surface area (TPSA) is 21.3 Å². The number of anilines is 3. The molecule has 3 heteroatoms. The molecule has 0 N–H and O–H groups in total. The molecule has 0 unspecified atom stereocenters. The summed E-state index contributed by atoms with van der Waals surface area (Å²) in [6.07, 6.45) is 0. The van der Waals surface area contributed by atoms with Crippen LogP contribution in [0, 0.1) is 0 Å². The molecule has 0 saturated heterocycles. The maximum absolute atomic E-state index is 6.34. The number of fused-ring (bicyclic) bond motifs is 6. The summed E-state index contributed by atoms with van der Waals surface area (Å²) < 4.78 is 8.70. The number of para-hydroxylation sites is 3. The molecule has 57 heavy (non-hydrogen) atoms. The predicted molar refractivity (Wildman–Crippen MR) is 239 cm³/mol. The SMILES string of the molecule is c1ccc(-c2ccc(N(c3ccc(-c4ccc(-c5ccc6c(c5)c5ccccc5n6-c5ccccc5)cc4)cc3)c3ccc4c(c3)oc3ccccc34)cc2)cc1. The molecule has 268 valence electrons. The zero-order valence-electron chi connectivity index (χ0n) is 31.1. The molecule has 11 aromatic rings. The van der Waals surface area contributed by atoms with Crippen molar-refractivity contribution in [3.8, 4) is 39.1 Å². The fraction of sp³-hybridized carbons (Fsp3) is 0. The van der Waals surface area contributed by atoms with Gasteiger partial charge in [-0.1, -0.05) is 140 Å². The Balaban J connectivity index is 0.929. The van der Waals surface area contributed by atoms with Crippen LogP contribution < -0.4 is 4.90 Å². The molecule has 0 fully saturated rings. The number of rotatable bonds is 7. The Morgan fingerprint density at radius 2 is 0.772 bits per heavy atom. The van der Waals surface area contributed by atoms with Crippen LogP contribution in [0.5, 0.6) is 0 Å². The van der Waals surface area contributed by atoms with Gasteiger partial charge < -0.3 is 13.9 Å². The smallest absolute Gasteiger partial charge is 0.137 e. The van der Waals surface area contributed by atoms with E-state index in [2.05, 4.69) is 216 Å². The van der Waals surface area contributed by atoms with Crippen molar-refractivity contribution in [2.45, 2.75) is 0 Å². The highest BCUT2D eigenvalue weighted by Gasteiger charge is 2.17. The molecule has 0 saturated carbocycles. The van der Waals surface area contributed by atoms with E-state index >= 15 is 0 Å². The third kappa shape index (κ3) is 5.76. The van der Waals surface area contributed by atoms with Gasteiger partial charge in [0.1, 0.15) is 11.2 Å². The Morgan fingerprint density at radius 3 is 1.46 bits per heavy atom. The van der Waals surface area contributed by atoms with Crippen molar-refractivity contribution in [1.29, 1.82) is 0 Å². The van der Waals surface area contributed by atoms with Gasteiger partial charge in [-0.2, -0.15) is 0 Å². The number of furan rings is 1. The zero-order valence-corrected chi connectivity index (χ0v) is 31.1. The number of benzene rings is 9. The average molecular weight is 729 g/mol. The molecule has 0 amide bonds. The molecule has 0 bridgehead atoms. The van der Waals surface area contributed by atoms with Gasteiger partial charge in [0.15, 0.2) is 0 Å². The third-order valence-electron chi connectivity index (χ3n) is 11.2. The van der Waals surface area contributed by atoms with E-state index in [4.69, 9.17) is 4.42 Å². The van der Waals surface area contributed by atoms with Crippen molar-refractivity contribution in [2.24, 2.45) is 0 Å². The lowest BCUT2D eigenvalue weighted by Gasteiger charge is -2.26. The largest absolute Gasteiger partial charge is 0.456 e. The van der Waals surface area contributed by atoms with Crippen LogP contribution in [0.1, 0.15) is 0 Å². The van der Waals surface area contributed by atoms with Crippen LogP contribution in [0.15, 0.2) is 223 Å². The van der Waals surface area contributed by atoms with E-state index in [1.54, 1.807) is 0 Å². The van der Waals surface area contributed by atoms with Crippen molar-refractivity contribution < 1.29 is 4.42 Å². The Kier molecular flexibility index (Phi) is 7.82. The molecule has 0 atom stereocenters. The van der Waals surface area contributed by atoms with Crippen LogP contribution in [0.4, 0.5) is 17.1 Å². The molecule has 2 heterocycles. The fourth-order valence-electron chi connectivity index (χ4n) is 8.40. The van der Waals surface area contributed by atoms with Crippen molar-refractivity contribution in [1.82, 2.24) is 4.57 Å². The summed E-state index contributed by atoms with van der Waals surface area (Å²) in [6.45, 7) is 0. The Hall–Kier alpha value is -7.62. The molecule has 3 nitrogen and oxygen atoms in total. The standard InChI is InChI=1S/C54H36N2O/c1-3-11-37(12-4-1)39-23-28-44(29-24-39)55(46-32-33-49-48-16-8-10-18-53(48)57-54(49)36-46)45-30-25-40(26-31-45)38-19-21-41(22-20-38)42-27-34-52-50(35-42)47-15-7-9-17-51(47)56(52)43-13-5-2-6-14-43/h1-36H. The van der Waals surface area contributed by atoms with Gasteiger partial charge in [-0.05, 0) is 106 Å². The van der Waals surface area contributed by atoms with Gasteiger partial charge in [0.25, 0.3) is 0 Å². The number of hydrogen-bond donors (Lipinski definition) is 0. The molecular weight excluding hydrogens is 693 g/mol. The first-order valence-corrected chi connectivity index (χ1v) is 19.4. The lowest BCUT2D eigenvalue weighted by atomic mass is 9.98. The lowest BCUT2D eigenvalue weighted by molar-refractivity contribution is 0.669. The molecule has 2 aromatic heterocycles. The molecule has 0 aliphatic heterocycles. The Labute approximate surface area is 330 Å². The monoisotopic (exact) mass is 728 g/mol. The Morgan fingerprint density at radius 1 is 0.298 bits per heavy atom. The van der Waals surface area contributed by atoms with Gasteiger partial charge in [0.2, 0.25) is 0 Å². The normalized spacial score (nSPS) is 11.5. The van der Waals surface area contributed by atoms with E-state index in [1.165, 1.54) is 60.9 Å². The first kappa shape index (κ1) is 32.8. The summed E-state index contributed by atoms with van der Waals surface area (Å²) in [5, 5.41) is 4.76. The number of nitrogens with zero attached hydrogens (tertiary/aromatic N) is 2. The van der Waals surface area contributed by atoms with Gasteiger partial charge >= 0.3 is 0 Å². The van der Waals surface area contributed by atoms with E-state index in [0.29, 0.717) is 0 Å². The Bertz CT molecular complexity index is 3200. The van der Waals surface area contributed by atoms with Crippen LogP contribution in [0.2, 0.25) is 0 Å². The van der Waals surface area contributed by atoms with Gasteiger partial charge in [-0.3, -0.25) is 0 Å². The molecule has 11 rings (SSSR count). The van der Waals surface area contributed by atoms with Gasteiger partial charge in [0, 0.05) is 50.4 Å². The van der Waals surface area contributed by atoms with Crippen LogP contribution in [0.25, 0.3) is 82.8 Å². The van der Waals surface area contributed by atoms with E-state index in [-0.39, 0.29) is 0 Å². The summed E-state index contributed by atoms with van der Waals surface area (Å²) in [5.41, 5.74) is 15.7. The second-order valence-corrected chi connectivity index (χ2v) is 14.6. The minimum atomic E-state index is 0.873. The van der Waals surface area contributed by atoms with Crippen LogP contribution in [-0.4, -0.2) is 4.57 Å². The van der Waals surface area contributed by atoms with Crippen molar-refractivity contribution in [2.75, 3.05) is 4.90 Å². The second-order valence-electron chi connectivity index (χ2n) is 14.6. The quantitative estimate of drug-likeness (QED) is 0.163. The van der Waals surface area contributed by atoms with Gasteiger partial charge in [-0.15, -0.1) is 0 Å². The van der Waals surface area contributed by atoms with Gasteiger partial charge in [0.05, 0.1) is 11.0 Å². The van der Waals surface area contributed by atoms with Crippen molar-refractivity contribution in [3.05, 3.63) is 218 Å². The van der Waals surface area contributed by atoms with E-state index in [0.717, 1.165) is 39.0 Å². The predicted octanol–water partition coefficient (Wildman–Crippen LogP) is 15.2. The van der Waals surface area contributed by atoms with E-state index in [1.807, 2.05) is 12.1 Å². The molecular formula is C54H36N2O. The fourth-order valence-corrected chi connectivity index (χ4v) is 8.40. The molecule has 0 aliphatic carbocycles. The van der Waals surface area contributed by atoms with E-state index < -0.39 is 0 Å². The maximum atomic E-state index is 6.34. The number of hydrogen-bond acceptors (Lipinski definition) is 2. The summed E-state index contributed by atoms with van der Waals surface area (Å²) in [6, 6.07) is 78.1. The first-order valence-electron chi connectivity index (χ1n) is 19.4. The first-order chi connectivity index (χ1) is 28.2. The molecule has 9 aromatic carbocycles.